The minimum absolute atomic E-state index is 0.216. The number of hydrogen-bond acceptors (Lipinski definition) is 3. The van der Waals surface area contributed by atoms with Gasteiger partial charge in [-0.25, -0.2) is 0 Å². The standard InChI is InChI=1S/C22H17ClNO3/c1-24-21-16(10-19-20(11-17(21)23)27-13-26-19)15-8-5-9-18(22(15)24)25-12-14-6-3-2-4-7-14/h2-11H,12-13H2,1H3/q+1. The average molecular weight is 379 g/mol. The number of ether oxygens (including phenoxy) is 3. The van der Waals surface area contributed by atoms with Gasteiger partial charge in [-0.05, 0) is 23.8 Å². The van der Waals surface area contributed by atoms with Crippen LogP contribution in [0.3, 0.4) is 0 Å². The first-order chi connectivity index (χ1) is 13.2. The summed E-state index contributed by atoms with van der Waals surface area (Å²) in [6, 6.07) is 20.0. The molecule has 4 nitrogen and oxygen atoms in total. The quantitative estimate of drug-likeness (QED) is 0.483. The van der Waals surface area contributed by atoms with E-state index in [4.69, 9.17) is 25.8 Å². The molecule has 2 heterocycles. The molecule has 0 atom stereocenters. The summed E-state index contributed by atoms with van der Waals surface area (Å²) in [5.74, 6) is 2.19. The van der Waals surface area contributed by atoms with Crippen LogP contribution in [0.1, 0.15) is 5.56 Å². The predicted octanol–water partition coefficient (Wildman–Crippen LogP) is 4.73. The summed E-state index contributed by atoms with van der Waals surface area (Å²) in [6.45, 7) is 0.725. The normalized spacial score (nSPS) is 12.7. The molecule has 0 amide bonds. The fraction of sp³-hybridized carbons (Fsp3) is 0.136. The number of halogens is 1. The minimum Gasteiger partial charge on any atom is -0.482 e. The second kappa shape index (κ2) is 6.32. The van der Waals surface area contributed by atoms with Gasteiger partial charge < -0.3 is 14.2 Å². The van der Waals surface area contributed by atoms with Crippen LogP contribution in [0.4, 0.5) is 0 Å². The smallest absolute Gasteiger partial charge is 0.256 e. The molecule has 0 N–H and O–H groups in total. The van der Waals surface area contributed by atoms with Gasteiger partial charge in [-0.1, -0.05) is 48.0 Å². The lowest BCUT2D eigenvalue weighted by Gasteiger charge is -2.05. The Labute approximate surface area is 161 Å². The first-order valence-electron chi connectivity index (χ1n) is 8.72. The van der Waals surface area contributed by atoms with Gasteiger partial charge in [0.25, 0.3) is 5.52 Å². The van der Waals surface area contributed by atoms with Gasteiger partial charge >= 0.3 is 0 Å². The number of rotatable bonds is 3. The Morgan fingerprint density at radius 3 is 2.59 bits per heavy atom. The first kappa shape index (κ1) is 16.2. The molecule has 5 rings (SSSR count). The van der Waals surface area contributed by atoms with E-state index >= 15 is 0 Å². The second-order valence-electron chi connectivity index (χ2n) is 6.52. The van der Waals surface area contributed by atoms with Crippen LogP contribution in [0, 0.1) is 0 Å². The van der Waals surface area contributed by atoms with E-state index < -0.39 is 0 Å². The van der Waals surface area contributed by atoms with E-state index in [1.807, 2.05) is 49.5 Å². The summed E-state index contributed by atoms with van der Waals surface area (Å²) < 4.78 is 19.3. The highest BCUT2D eigenvalue weighted by Gasteiger charge is 2.30. The van der Waals surface area contributed by atoms with Crippen molar-refractivity contribution in [3.8, 4) is 28.5 Å². The van der Waals surface area contributed by atoms with Crippen LogP contribution >= 0.6 is 11.6 Å². The van der Waals surface area contributed by atoms with E-state index in [1.54, 1.807) is 0 Å². The Kier molecular flexibility index (Phi) is 3.80. The molecule has 0 saturated carbocycles. The summed E-state index contributed by atoms with van der Waals surface area (Å²) in [4.78, 5) is 0. The van der Waals surface area contributed by atoms with Gasteiger partial charge in [-0.3, -0.25) is 0 Å². The van der Waals surface area contributed by atoms with E-state index in [0.29, 0.717) is 23.1 Å². The Hall–Kier alpha value is -2.98. The number of nitrogens with zero attached hydrogens (tertiary/aromatic N) is 1. The minimum atomic E-state index is 0.216. The largest absolute Gasteiger partial charge is 0.482 e. The van der Waals surface area contributed by atoms with Gasteiger partial charge in [0.05, 0.1) is 10.9 Å². The SMILES string of the molecule is C[n+]1c2c(Cl)cc3c(cc-2c2cccc(OCc4ccccc4)c21)OCO3. The molecule has 0 radical (unpaired) electrons. The molecule has 1 aliphatic carbocycles. The van der Waals surface area contributed by atoms with Crippen LogP contribution in [0.25, 0.3) is 22.2 Å². The van der Waals surface area contributed by atoms with E-state index in [9.17, 15) is 0 Å². The zero-order chi connectivity index (χ0) is 18.4. The van der Waals surface area contributed by atoms with Crippen molar-refractivity contribution in [3.63, 3.8) is 0 Å². The van der Waals surface area contributed by atoms with Crippen molar-refractivity contribution in [1.82, 2.24) is 0 Å². The molecule has 0 fully saturated rings. The van der Waals surface area contributed by atoms with Crippen LogP contribution in [-0.4, -0.2) is 6.79 Å². The molecule has 134 valence electrons. The predicted molar refractivity (Wildman–Crippen MR) is 104 cm³/mol. The van der Waals surface area contributed by atoms with Crippen molar-refractivity contribution in [2.75, 3.05) is 6.79 Å². The Balaban J connectivity index is 1.68. The van der Waals surface area contributed by atoms with Gasteiger partial charge in [0, 0.05) is 6.07 Å². The van der Waals surface area contributed by atoms with E-state index in [1.165, 1.54) is 0 Å². The maximum atomic E-state index is 6.63. The summed E-state index contributed by atoms with van der Waals surface area (Å²) in [5, 5.41) is 1.68. The molecule has 0 unspecified atom stereocenters. The lowest BCUT2D eigenvalue weighted by atomic mass is 10.1. The lowest BCUT2D eigenvalue weighted by Crippen LogP contribution is -2.28. The van der Waals surface area contributed by atoms with Crippen LogP contribution in [0.15, 0.2) is 60.7 Å². The van der Waals surface area contributed by atoms with Crippen molar-refractivity contribution in [3.05, 3.63) is 71.2 Å². The molecular formula is C22H17ClNO3+. The Morgan fingerprint density at radius 1 is 1.00 bits per heavy atom. The van der Waals surface area contributed by atoms with E-state index in [0.717, 1.165) is 33.5 Å². The molecular weight excluding hydrogens is 362 g/mol. The van der Waals surface area contributed by atoms with Gasteiger partial charge in [0.2, 0.25) is 12.5 Å². The van der Waals surface area contributed by atoms with E-state index in [-0.39, 0.29) is 6.79 Å². The number of aryl methyl sites for hydroxylation is 1. The number of para-hydroxylation sites is 1. The summed E-state index contributed by atoms with van der Waals surface area (Å²) in [6.07, 6.45) is 0. The van der Waals surface area contributed by atoms with Crippen molar-refractivity contribution < 1.29 is 18.8 Å². The third-order valence-electron chi connectivity index (χ3n) is 4.88. The van der Waals surface area contributed by atoms with Gasteiger partial charge in [0.1, 0.15) is 18.7 Å². The Bertz CT molecular complexity index is 1130. The van der Waals surface area contributed by atoms with Gasteiger partial charge in [0.15, 0.2) is 17.2 Å². The third-order valence-corrected chi connectivity index (χ3v) is 5.17. The maximum absolute atomic E-state index is 6.63. The Morgan fingerprint density at radius 2 is 1.78 bits per heavy atom. The lowest BCUT2D eigenvalue weighted by molar-refractivity contribution is -0.631. The van der Waals surface area contributed by atoms with Crippen LogP contribution in [0.2, 0.25) is 5.02 Å². The fourth-order valence-electron chi connectivity index (χ4n) is 3.63. The van der Waals surface area contributed by atoms with Crippen LogP contribution in [-0.2, 0) is 13.7 Å². The highest BCUT2D eigenvalue weighted by Crippen LogP contribution is 2.43. The van der Waals surface area contributed by atoms with Crippen molar-refractivity contribution >= 4 is 22.5 Å². The number of aromatic nitrogens is 1. The summed E-state index contributed by atoms with van der Waals surface area (Å²) in [5.41, 5.74) is 4.06. The monoisotopic (exact) mass is 378 g/mol. The highest BCUT2D eigenvalue weighted by atomic mass is 35.5. The molecule has 2 aromatic rings. The highest BCUT2D eigenvalue weighted by molar-refractivity contribution is 6.33. The zero-order valence-corrected chi connectivity index (χ0v) is 15.5. The molecule has 0 bridgehead atoms. The van der Waals surface area contributed by atoms with Gasteiger partial charge in [-0.15, -0.1) is 0 Å². The molecule has 3 aliphatic rings. The summed E-state index contributed by atoms with van der Waals surface area (Å²) >= 11 is 6.63. The third kappa shape index (κ3) is 2.64. The van der Waals surface area contributed by atoms with Crippen molar-refractivity contribution in [2.24, 2.45) is 7.05 Å². The molecule has 0 saturated heterocycles. The zero-order valence-electron chi connectivity index (χ0n) is 14.7. The second-order valence-corrected chi connectivity index (χ2v) is 6.93. The number of fused-ring (bicyclic) bond motifs is 4. The number of hydrogen-bond donors (Lipinski definition) is 0. The van der Waals surface area contributed by atoms with E-state index in [2.05, 4.69) is 22.8 Å². The average Bonchev–Trinajstić information content (AvgIpc) is 3.20. The molecule has 5 heteroatoms. The molecule has 0 aromatic heterocycles. The maximum Gasteiger partial charge on any atom is 0.256 e. The molecule has 2 aromatic carbocycles. The molecule has 0 spiro atoms. The number of benzene rings is 2. The fourth-order valence-corrected chi connectivity index (χ4v) is 3.96. The van der Waals surface area contributed by atoms with Crippen LogP contribution in [0.5, 0.6) is 17.2 Å². The molecule has 27 heavy (non-hydrogen) atoms. The van der Waals surface area contributed by atoms with Crippen molar-refractivity contribution in [1.29, 1.82) is 0 Å². The van der Waals surface area contributed by atoms with Crippen molar-refractivity contribution in [2.45, 2.75) is 6.61 Å². The molecule has 2 aliphatic heterocycles. The van der Waals surface area contributed by atoms with Gasteiger partial charge in [-0.2, -0.15) is 4.57 Å². The van der Waals surface area contributed by atoms with Crippen LogP contribution < -0.4 is 18.8 Å². The first-order valence-corrected chi connectivity index (χ1v) is 9.10. The topological polar surface area (TPSA) is 31.6 Å². The summed E-state index contributed by atoms with van der Waals surface area (Å²) in [7, 11) is 2.00.